The van der Waals surface area contributed by atoms with Gasteiger partial charge in [-0.25, -0.2) is 8.78 Å². The number of rotatable bonds is 6. The molecule has 0 bridgehead atoms. The molecule has 0 saturated carbocycles. The Kier molecular flexibility index (Phi) is 5.81. The van der Waals surface area contributed by atoms with E-state index in [0.29, 0.717) is 17.2 Å². The number of nitrogens with one attached hydrogen (secondary N) is 1. The van der Waals surface area contributed by atoms with Gasteiger partial charge in [0.25, 0.3) is 0 Å². The maximum Gasteiger partial charge on any atom is 0.234 e. The molecule has 2 rings (SSSR count). The third-order valence-electron chi connectivity index (χ3n) is 2.89. The number of thioether (sulfide) groups is 1. The second-order valence-electron chi connectivity index (χ2n) is 4.51. The fourth-order valence-electron chi connectivity index (χ4n) is 1.81. The van der Waals surface area contributed by atoms with E-state index in [1.807, 2.05) is 0 Å². The average molecular weight is 339 g/mol. The van der Waals surface area contributed by atoms with Gasteiger partial charge in [0.2, 0.25) is 5.91 Å². The maximum atomic E-state index is 13.5. The van der Waals surface area contributed by atoms with Crippen LogP contribution >= 0.6 is 11.8 Å². The van der Waals surface area contributed by atoms with Crippen LogP contribution in [0.15, 0.2) is 41.3 Å². The molecule has 2 aromatic rings. The van der Waals surface area contributed by atoms with Gasteiger partial charge in [-0.2, -0.15) is 0 Å². The van der Waals surface area contributed by atoms with Crippen molar-refractivity contribution < 1.29 is 23.0 Å². The molecule has 1 N–H and O–H groups in total. The van der Waals surface area contributed by atoms with Crippen LogP contribution in [0.25, 0.3) is 0 Å². The first-order chi connectivity index (χ1) is 11.0. The highest BCUT2D eigenvalue weighted by atomic mass is 32.2. The van der Waals surface area contributed by atoms with Crippen LogP contribution in [0.3, 0.4) is 0 Å². The number of carbonyl (C=O) groups excluding carboxylic acids is 1. The second kappa shape index (κ2) is 7.82. The first-order valence-electron chi connectivity index (χ1n) is 6.62. The predicted octanol–water partition coefficient (Wildman–Crippen LogP) is 3.71. The van der Waals surface area contributed by atoms with Gasteiger partial charge in [-0.05, 0) is 18.2 Å². The first-order valence-corrected chi connectivity index (χ1v) is 7.61. The summed E-state index contributed by atoms with van der Waals surface area (Å²) < 4.78 is 36.8. The highest BCUT2D eigenvalue weighted by Crippen LogP contribution is 2.27. The third-order valence-corrected chi connectivity index (χ3v) is 3.92. The molecule has 0 atom stereocenters. The van der Waals surface area contributed by atoms with Crippen molar-refractivity contribution in [2.75, 3.05) is 25.3 Å². The topological polar surface area (TPSA) is 47.6 Å². The van der Waals surface area contributed by atoms with E-state index in [9.17, 15) is 13.6 Å². The highest BCUT2D eigenvalue weighted by Gasteiger charge is 2.10. The van der Waals surface area contributed by atoms with Crippen molar-refractivity contribution in [1.29, 1.82) is 0 Å². The van der Waals surface area contributed by atoms with Gasteiger partial charge >= 0.3 is 0 Å². The molecule has 0 aliphatic rings. The standard InChI is InChI=1S/C16H15F2NO3S/c1-21-12-6-11(7-13(8-12)22-2)19-16(20)9-23-15-5-10(17)3-4-14(15)18/h3-8H,9H2,1-2H3,(H,19,20). The van der Waals surface area contributed by atoms with E-state index < -0.39 is 11.6 Å². The molecule has 0 heterocycles. The number of hydrogen-bond donors (Lipinski definition) is 1. The average Bonchev–Trinajstić information content (AvgIpc) is 2.55. The lowest BCUT2D eigenvalue weighted by atomic mass is 10.2. The van der Waals surface area contributed by atoms with Gasteiger partial charge in [-0.1, -0.05) is 0 Å². The first kappa shape index (κ1) is 17.1. The minimum Gasteiger partial charge on any atom is -0.497 e. The van der Waals surface area contributed by atoms with Crippen molar-refractivity contribution in [2.24, 2.45) is 0 Å². The van der Waals surface area contributed by atoms with Crippen molar-refractivity contribution in [3.63, 3.8) is 0 Å². The summed E-state index contributed by atoms with van der Waals surface area (Å²) in [6, 6.07) is 8.06. The number of hydrogen-bond acceptors (Lipinski definition) is 4. The van der Waals surface area contributed by atoms with E-state index in [4.69, 9.17) is 9.47 Å². The molecule has 0 unspecified atom stereocenters. The number of benzene rings is 2. The van der Waals surface area contributed by atoms with Gasteiger partial charge in [-0.15, -0.1) is 11.8 Å². The summed E-state index contributed by atoms with van der Waals surface area (Å²) >= 11 is 0.919. The van der Waals surface area contributed by atoms with E-state index in [1.165, 1.54) is 14.2 Å². The molecular weight excluding hydrogens is 324 g/mol. The normalized spacial score (nSPS) is 10.3. The number of ether oxygens (including phenoxy) is 2. The predicted molar refractivity (Wildman–Crippen MR) is 85.3 cm³/mol. The largest absolute Gasteiger partial charge is 0.497 e. The number of anilines is 1. The van der Waals surface area contributed by atoms with E-state index in [0.717, 1.165) is 30.0 Å². The van der Waals surface area contributed by atoms with Gasteiger partial charge in [0.15, 0.2) is 0 Å². The fourth-order valence-corrected chi connectivity index (χ4v) is 2.57. The molecule has 0 fully saturated rings. The van der Waals surface area contributed by atoms with Crippen LogP contribution in [0.4, 0.5) is 14.5 Å². The molecule has 7 heteroatoms. The van der Waals surface area contributed by atoms with E-state index in [1.54, 1.807) is 18.2 Å². The van der Waals surface area contributed by atoms with Gasteiger partial charge in [-0.3, -0.25) is 4.79 Å². The van der Waals surface area contributed by atoms with Crippen LogP contribution in [0.2, 0.25) is 0 Å². The summed E-state index contributed by atoms with van der Waals surface area (Å²) in [5.41, 5.74) is 0.492. The summed E-state index contributed by atoms with van der Waals surface area (Å²) in [5.74, 6) is -0.458. The Morgan fingerprint density at radius 3 is 2.35 bits per heavy atom. The summed E-state index contributed by atoms with van der Waals surface area (Å²) in [6.07, 6.45) is 0. The van der Waals surface area contributed by atoms with Gasteiger partial charge in [0.1, 0.15) is 23.1 Å². The lowest BCUT2D eigenvalue weighted by molar-refractivity contribution is -0.113. The molecule has 4 nitrogen and oxygen atoms in total. The molecule has 0 aliphatic heterocycles. The van der Waals surface area contributed by atoms with Crippen molar-refractivity contribution in [3.8, 4) is 11.5 Å². The minimum absolute atomic E-state index is 0.0557. The zero-order chi connectivity index (χ0) is 16.8. The zero-order valence-electron chi connectivity index (χ0n) is 12.6. The van der Waals surface area contributed by atoms with E-state index in [2.05, 4.69) is 5.32 Å². The Balaban J connectivity index is 2.01. The Labute approximate surface area is 136 Å². The lowest BCUT2D eigenvalue weighted by Crippen LogP contribution is -2.14. The van der Waals surface area contributed by atoms with E-state index in [-0.39, 0.29) is 16.6 Å². The van der Waals surface area contributed by atoms with Crippen molar-refractivity contribution in [3.05, 3.63) is 48.0 Å². The molecule has 2 aromatic carbocycles. The van der Waals surface area contributed by atoms with E-state index >= 15 is 0 Å². The monoisotopic (exact) mass is 339 g/mol. The molecule has 0 aliphatic carbocycles. The zero-order valence-corrected chi connectivity index (χ0v) is 13.4. The maximum absolute atomic E-state index is 13.5. The van der Waals surface area contributed by atoms with Crippen molar-refractivity contribution in [1.82, 2.24) is 0 Å². The second-order valence-corrected chi connectivity index (χ2v) is 5.53. The Bertz CT molecular complexity index is 687. The number of amides is 1. The molecule has 122 valence electrons. The number of methoxy groups -OCH3 is 2. The van der Waals surface area contributed by atoms with Crippen LogP contribution in [-0.2, 0) is 4.79 Å². The molecule has 0 saturated heterocycles. The van der Waals surface area contributed by atoms with Crippen LogP contribution in [0.1, 0.15) is 0 Å². The third kappa shape index (κ3) is 4.85. The van der Waals surface area contributed by atoms with Crippen molar-refractivity contribution in [2.45, 2.75) is 4.90 Å². The molecule has 0 radical (unpaired) electrons. The highest BCUT2D eigenvalue weighted by molar-refractivity contribution is 8.00. The number of halogens is 2. The summed E-state index contributed by atoms with van der Waals surface area (Å²) in [6.45, 7) is 0. The molecule has 23 heavy (non-hydrogen) atoms. The summed E-state index contributed by atoms with van der Waals surface area (Å²) in [7, 11) is 3.01. The van der Waals surface area contributed by atoms with Crippen LogP contribution < -0.4 is 14.8 Å². The SMILES string of the molecule is COc1cc(NC(=O)CSc2cc(F)ccc2F)cc(OC)c1. The molecule has 0 spiro atoms. The van der Waals surface area contributed by atoms with Gasteiger partial charge in [0, 0.05) is 28.8 Å². The number of carbonyl (C=O) groups is 1. The molecule has 1 amide bonds. The van der Waals surface area contributed by atoms with Crippen LogP contribution in [0, 0.1) is 11.6 Å². The quantitative estimate of drug-likeness (QED) is 0.815. The molecular formula is C16H15F2NO3S. The minimum atomic E-state index is -0.563. The van der Waals surface area contributed by atoms with Crippen molar-refractivity contribution >= 4 is 23.4 Å². The summed E-state index contributed by atoms with van der Waals surface area (Å²) in [5, 5.41) is 2.66. The van der Waals surface area contributed by atoms with Crippen LogP contribution in [0.5, 0.6) is 11.5 Å². The Morgan fingerprint density at radius 2 is 1.74 bits per heavy atom. The lowest BCUT2D eigenvalue weighted by Gasteiger charge is -2.10. The smallest absolute Gasteiger partial charge is 0.234 e. The molecule has 0 aromatic heterocycles. The summed E-state index contributed by atoms with van der Waals surface area (Å²) in [4.78, 5) is 12.0. The Hall–Kier alpha value is -2.28. The van der Waals surface area contributed by atoms with Gasteiger partial charge in [0.05, 0.1) is 20.0 Å². The van der Waals surface area contributed by atoms with Crippen LogP contribution in [-0.4, -0.2) is 25.9 Å². The fraction of sp³-hybridized carbons (Fsp3) is 0.188. The Morgan fingerprint density at radius 1 is 1.09 bits per heavy atom. The van der Waals surface area contributed by atoms with Gasteiger partial charge < -0.3 is 14.8 Å².